The normalized spacial score (nSPS) is 11.9. The summed E-state index contributed by atoms with van der Waals surface area (Å²) in [5.41, 5.74) is 3.00. The number of carbonyl (C=O) groups is 1. The monoisotopic (exact) mass is 288 g/mol. The van der Waals surface area contributed by atoms with E-state index in [4.69, 9.17) is 0 Å². The van der Waals surface area contributed by atoms with E-state index >= 15 is 0 Å². The third-order valence-electron chi connectivity index (χ3n) is 3.03. The number of hydrogen-bond acceptors (Lipinski definition) is 3. The molecule has 2 N–H and O–H groups in total. The molecule has 1 unspecified atom stereocenters. The number of benzene rings is 1. The largest absolute Gasteiger partial charge is 0.385 e. The number of amides is 1. The maximum absolute atomic E-state index is 12.1. The van der Waals surface area contributed by atoms with Crippen molar-refractivity contribution in [2.24, 2.45) is 0 Å². The molecule has 0 aliphatic heterocycles. The second-order valence-corrected chi connectivity index (χ2v) is 5.60. The summed E-state index contributed by atoms with van der Waals surface area (Å²) in [5.74, 6) is -0.0178. The Bertz CT molecular complexity index is 534. The molecular formula is C16H20N2OS. The summed E-state index contributed by atoms with van der Waals surface area (Å²) in [7, 11) is 0. The van der Waals surface area contributed by atoms with Gasteiger partial charge in [-0.1, -0.05) is 0 Å². The summed E-state index contributed by atoms with van der Waals surface area (Å²) < 4.78 is 0. The lowest BCUT2D eigenvalue weighted by atomic mass is 10.1. The molecule has 2 rings (SSSR count). The molecule has 106 valence electrons. The van der Waals surface area contributed by atoms with Crippen molar-refractivity contribution in [2.75, 3.05) is 11.9 Å². The Morgan fingerprint density at radius 1 is 1.25 bits per heavy atom. The molecule has 0 saturated heterocycles. The van der Waals surface area contributed by atoms with Gasteiger partial charge >= 0.3 is 0 Å². The van der Waals surface area contributed by atoms with Gasteiger partial charge in [-0.3, -0.25) is 4.79 Å². The van der Waals surface area contributed by atoms with Crippen LogP contribution in [0.15, 0.2) is 41.1 Å². The SMILES string of the molecule is CCNc1ccc(C(=O)NC(C)Cc2ccsc2)cc1. The summed E-state index contributed by atoms with van der Waals surface area (Å²) in [5, 5.41) is 10.4. The van der Waals surface area contributed by atoms with Crippen LogP contribution in [0.25, 0.3) is 0 Å². The van der Waals surface area contributed by atoms with Crippen LogP contribution in [-0.4, -0.2) is 18.5 Å². The Morgan fingerprint density at radius 3 is 2.60 bits per heavy atom. The summed E-state index contributed by atoms with van der Waals surface area (Å²) in [6, 6.07) is 9.79. The Morgan fingerprint density at radius 2 is 2.00 bits per heavy atom. The molecule has 1 atom stereocenters. The number of thiophene rings is 1. The van der Waals surface area contributed by atoms with Crippen molar-refractivity contribution >= 4 is 22.9 Å². The molecule has 20 heavy (non-hydrogen) atoms. The van der Waals surface area contributed by atoms with Gasteiger partial charge in [0.05, 0.1) is 0 Å². The Hall–Kier alpha value is -1.81. The summed E-state index contributed by atoms with van der Waals surface area (Å²) >= 11 is 1.68. The van der Waals surface area contributed by atoms with E-state index in [1.54, 1.807) is 11.3 Å². The Balaban J connectivity index is 1.90. The minimum absolute atomic E-state index is 0.0178. The predicted molar refractivity (Wildman–Crippen MR) is 85.6 cm³/mol. The molecular weight excluding hydrogens is 268 g/mol. The minimum Gasteiger partial charge on any atom is -0.385 e. The van der Waals surface area contributed by atoms with Crippen molar-refractivity contribution in [1.29, 1.82) is 0 Å². The Labute approximate surface area is 124 Å². The summed E-state index contributed by atoms with van der Waals surface area (Å²) in [4.78, 5) is 12.1. The highest BCUT2D eigenvalue weighted by molar-refractivity contribution is 7.07. The van der Waals surface area contributed by atoms with E-state index in [1.807, 2.05) is 38.1 Å². The van der Waals surface area contributed by atoms with E-state index in [0.717, 1.165) is 18.7 Å². The first-order valence-electron chi connectivity index (χ1n) is 6.85. The van der Waals surface area contributed by atoms with Crippen LogP contribution in [0.2, 0.25) is 0 Å². The van der Waals surface area contributed by atoms with Crippen molar-refractivity contribution < 1.29 is 4.79 Å². The molecule has 0 aliphatic rings. The standard InChI is InChI=1S/C16H20N2OS/c1-3-17-15-6-4-14(5-7-15)16(19)18-12(2)10-13-8-9-20-11-13/h4-9,11-12,17H,3,10H2,1-2H3,(H,18,19). The second kappa shape index (κ2) is 7.10. The zero-order chi connectivity index (χ0) is 14.4. The lowest BCUT2D eigenvalue weighted by Gasteiger charge is -2.13. The highest BCUT2D eigenvalue weighted by Crippen LogP contribution is 2.11. The first-order chi connectivity index (χ1) is 9.69. The molecule has 4 heteroatoms. The van der Waals surface area contributed by atoms with Gasteiger partial charge in [-0.25, -0.2) is 0 Å². The topological polar surface area (TPSA) is 41.1 Å². The highest BCUT2D eigenvalue weighted by atomic mass is 32.1. The van der Waals surface area contributed by atoms with Crippen molar-refractivity contribution in [3.63, 3.8) is 0 Å². The Kier molecular flexibility index (Phi) is 5.18. The lowest BCUT2D eigenvalue weighted by Crippen LogP contribution is -2.33. The molecule has 0 fully saturated rings. The van der Waals surface area contributed by atoms with Gasteiger partial charge in [0.1, 0.15) is 0 Å². The van der Waals surface area contributed by atoms with Gasteiger partial charge in [-0.05, 0) is 66.9 Å². The van der Waals surface area contributed by atoms with E-state index in [2.05, 4.69) is 27.5 Å². The fourth-order valence-electron chi connectivity index (χ4n) is 2.06. The smallest absolute Gasteiger partial charge is 0.251 e. The van der Waals surface area contributed by atoms with E-state index < -0.39 is 0 Å². The lowest BCUT2D eigenvalue weighted by molar-refractivity contribution is 0.0940. The van der Waals surface area contributed by atoms with Crippen LogP contribution in [-0.2, 0) is 6.42 Å². The highest BCUT2D eigenvalue weighted by Gasteiger charge is 2.10. The molecule has 0 radical (unpaired) electrons. The first kappa shape index (κ1) is 14.6. The third-order valence-corrected chi connectivity index (χ3v) is 3.76. The minimum atomic E-state index is -0.0178. The molecule has 3 nitrogen and oxygen atoms in total. The van der Waals surface area contributed by atoms with Crippen molar-refractivity contribution in [2.45, 2.75) is 26.3 Å². The van der Waals surface area contributed by atoms with Crippen molar-refractivity contribution in [3.05, 3.63) is 52.2 Å². The van der Waals surface area contributed by atoms with Crippen LogP contribution in [0.1, 0.15) is 29.8 Å². The maximum Gasteiger partial charge on any atom is 0.251 e. The van der Waals surface area contributed by atoms with Crippen LogP contribution in [0, 0.1) is 0 Å². The first-order valence-corrected chi connectivity index (χ1v) is 7.79. The number of nitrogens with one attached hydrogen (secondary N) is 2. The van der Waals surface area contributed by atoms with Gasteiger partial charge in [0.25, 0.3) is 5.91 Å². The molecule has 1 heterocycles. The van der Waals surface area contributed by atoms with Crippen LogP contribution in [0.4, 0.5) is 5.69 Å². The van der Waals surface area contributed by atoms with Crippen LogP contribution in [0.3, 0.4) is 0 Å². The zero-order valence-corrected chi connectivity index (χ0v) is 12.7. The van der Waals surface area contributed by atoms with Gasteiger partial charge in [-0.15, -0.1) is 0 Å². The van der Waals surface area contributed by atoms with Crippen molar-refractivity contribution in [1.82, 2.24) is 5.32 Å². The fourth-order valence-corrected chi connectivity index (χ4v) is 2.75. The van der Waals surface area contributed by atoms with Gasteiger partial charge in [0, 0.05) is 23.8 Å². The molecule has 1 amide bonds. The molecule has 1 aromatic heterocycles. The van der Waals surface area contributed by atoms with Crippen molar-refractivity contribution in [3.8, 4) is 0 Å². The fraction of sp³-hybridized carbons (Fsp3) is 0.312. The zero-order valence-electron chi connectivity index (χ0n) is 11.8. The van der Waals surface area contributed by atoms with Gasteiger partial charge in [0.15, 0.2) is 0 Å². The number of anilines is 1. The molecule has 0 aliphatic carbocycles. The van der Waals surface area contributed by atoms with Crippen LogP contribution in [0.5, 0.6) is 0 Å². The molecule has 0 bridgehead atoms. The average molecular weight is 288 g/mol. The average Bonchev–Trinajstić information content (AvgIpc) is 2.92. The number of hydrogen-bond donors (Lipinski definition) is 2. The summed E-state index contributed by atoms with van der Waals surface area (Å²) in [6.45, 7) is 4.96. The molecule has 1 aromatic carbocycles. The molecule has 0 spiro atoms. The van der Waals surface area contributed by atoms with Crippen LogP contribution >= 0.6 is 11.3 Å². The van der Waals surface area contributed by atoms with Crippen LogP contribution < -0.4 is 10.6 Å². The van der Waals surface area contributed by atoms with Gasteiger partial charge in [0.2, 0.25) is 0 Å². The van der Waals surface area contributed by atoms with Gasteiger partial charge in [-0.2, -0.15) is 11.3 Å². The quantitative estimate of drug-likeness (QED) is 0.853. The number of rotatable bonds is 6. The predicted octanol–water partition coefficient (Wildman–Crippen LogP) is 3.54. The molecule has 0 saturated carbocycles. The van der Waals surface area contributed by atoms with E-state index in [9.17, 15) is 4.79 Å². The maximum atomic E-state index is 12.1. The van der Waals surface area contributed by atoms with E-state index in [-0.39, 0.29) is 11.9 Å². The van der Waals surface area contributed by atoms with E-state index in [0.29, 0.717) is 5.56 Å². The third kappa shape index (κ3) is 4.10. The number of carbonyl (C=O) groups excluding carboxylic acids is 1. The molecule has 2 aromatic rings. The second-order valence-electron chi connectivity index (χ2n) is 4.82. The van der Waals surface area contributed by atoms with E-state index in [1.165, 1.54) is 5.56 Å². The van der Waals surface area contributed by atoms with Gasteiger partial charge < -0.3 is 10.6 Å². The summed E-state index contributed by atoms with van der Waals surface area (Å²) in [6.07, 6.45) is 0.866.